The summed E-state index contributed by atoms with van der Waals surface area (Å²) in [5.41, 5.74) is 0.901. The summed E-state index contributed by atoms with van der Waals surface area (Å²) in [4.78, 5) is 5.19. The van der Waals surface area contributed by atoms with Crippen LogP contribution in [0, 0.1) is 6.92 Å². The smallest absolute Gasteiger partial charge is 0.378 e. The van der Waals surface area contributed by atoms with Crippen LogP contribution in [0.3, 0.4) is 0 Å². The van der Waals surface area contributed by atoms with Gasteiger partial charge < -0.3 is 4.74 Å². The highest BCUT2D eigenvalue weighted by Gasteiger charge is 2.30. The molecule has 0 radical (unpaired) electrons. The van der Waals surface area contributed by atoms with E-state index < -0.39 is 11.7 Å². The number of hydrogen-bond acceptors (Lipinski definition) is 3. The monoisotopic (exact) mass is 287 g/mol. The molecular weight excluding hydrogens is 275 g/mol. The Balaban J connectivity index is 2.32. The van der Waals surface area contributed by atoms with Gasteiger partial charge in [0.15, 0.2) is 0 Å². The Morgan fingerprint density at radius 2 is 1.84 bits per heavy atom. The highest BCUT2D eigenvalue weighted by molar-refractivity contribution is 7.15. The summed E-state index contributed by atoms with van der Waals surface area (Å²) >= 11 is 1.43. The third kappa shape index (κ3) is 3.13. The molecule has 0 N–H and O–H groups in total. The summed E-state index contributed by atoms with van der Waals surface area (Å²) < 4.78 is 42.4. The average molecular weight is 287 g/mol. The summed E-state index contributed by atoms with van der Waals surface area (Å²) in [6.45, 7) is 2.24. The first-order valence-electron chi connectivity index (χ1n) is 5.54. The van der Waals surface area contributed by atoms with Crippen LogP contribution in [-0.2, 0) is 17.5 Å². The number of rotatable bonds is 3. The lowest BCUT2D eigenvalue weighted by atomic mass is 10.1. The number of aryl methyl sites for hydroxylation is 1. The first kappa shape index (κ1) is 14.0. The summed E-state index contributed by atoms with van der Waals surface area (Å²) in [6.07, 6.45) is -4.30. The minimum atomic E-state index is -4.30. The van der Waals surface area contributed by atoms with E-state index >= 15 is 0 Å². The highest BCUT2D eigenvalue weighted by atomic mass is 32.1. The van der Waals surface area contributed by atoms with Crippen molar-refractivity contribution in [3.05, 3.63) is 40.5 Å². The van der Waals surface area contributed by atoms with Gasteiger partial charge in [0.25, 0.3) is 0 Å². The Morgan fingerprint density at radius 3 is 2.37 bits per heavy atom. The van der Waals surface area contributed by atoms with Crippen LogP contribution >= 0.6 is 11.3 Å². The van der Waals surface area contributed by atoms with E-state index in [2.05, 4.69) is 4.98 Å². The standard InChI is InChI=1S/C13H12F3NOS/c1-8-12(19-11(17-8)7-18-2)9-3-5-10(6-4-9)13(14,15)16/h3-6H,7H2,1-2H3. The number of alkyl halides is 3. The molecule has 0 aliphatic heterocycles. The summed E-state index contributed by atoms with van der Waals surface area (Å²) in [5, 5.41) is 0.815. The van der Waals surface area contributed by atoms with Gasteiger partial charge in [0.1, 0.15) is 5.01 Å². The van der Waals surface area contributed by atoms with Crippen molar-refractivity contribution in [3.63, 3.8) is 0 Å². The van der Waals surface area contributed by atoms with Crippen LogP contribution in [0.4, 0.5) is 13.2 Å². The van der Waals surface area contributed by atoms with E-state index in [1.54, 1.807) is 7.11 Å². The lowest BCUT2D eigenvalue weighted by Crippen LogP contribution is -2.03. The predicted molar refractivity (Wildman–Crippen MR) is 68.0 cm³/mol. The first-order valence-corrected chi connectivity index (χ1v) is 6.36. The molecule has 19 heavy (non-hydrogen) atoms. The largest absolute Gasteiger partial charge is 0.416 e. The second-order valence-electron chi connectivity index (χ2n) is 4.03. The van der Waals surface area contributed by atoms with Gasteiger partial charge in [-0.05, 0) is 24.6 Å². The number of methoxy groups -OCH3 is 1. The van der Waals surface area contributed by atoms with Gasteiger partial charge in [0.05, 0.1) is 22.7 Å². The summed E-state index contributed by atoms with van der Waals surface area (Å²) in [7, 11) is 1.58. The van der Waals surface area contributed by atoms with Crippen LogP contribution in [0.1, 0.15) is 16.3 Å². The molecule has 2 nitrogen and oxygen atoms in total. The van der Waals surface area contributed by atoms with Gasteiger partial charge in [0, 0.05) is 7.11 Å². The maximum Gasteiger partial charge on any atom is 0.416 e. The Morgan fingerprint density at radius 1 is 1.21 bits per heavy atom. The molecule has 0 atom stereocenters. The highest BCUT2D eigenvalue weighted by Crippen LogP contribution is 2.34. The van der Waals surface area contributed by atoms with Gasteiger partial charge in [-0.15, -0.1) is 11.3 Å². The fourth-order valence-electron chi connectivity index (χ4n) is 1.72. The molecule has 0 aliphatic carbocycles. The molecule has 1 aromatic carbocycles. The average Bonchev–Trinajstić information content (AvgIpc) is 2.70. The zero-order valence-corrected chi connectivity index (χ0v) is 11.2. The quantitative estimate of drug-likeness (QED) is 0.840. The maximum atomic E-state index is 12.5. The number of thiazole rings is 1. The van der Waals surface area contributed by atoms with Crippen LogP contribution in [0.15, 0.2) is 24.3 Å². The van der Waals surface area contributed by atoms with Gasteiger partial charge >= 0.3 is 6.18 Å². The van der Waals surface area contributed by atoms with Gasteiger partial charge in [-0.3, -0.25) is 0 Å². The maximum absolute atomic E-state index is 12.5. The van der Waals surface area contributed by atoms with Crippen molar-refractivity contribution in [3.8, 4) is 10.4 Å². The lowest BCUT2D eigenvalue weighted by Gasteiger charge is -2.06. The number of ether oxygens (including phenoxy) is 1. The minimum Gasteiger partial charge on any atom is -0.378 e. The Hall–Kier alpha value is -1.40. The molecule has 1 heterocycles. The second kappa shape index (κ2) is 5.30. The summed E-state index contributed by atoms with van der Waals surface area (Å²) in [5.74, 6) is 0. The van der Waals surface area contributed by atoms with E-state index in [1.807, 2.05) is 6.92 Å². The van der Waals surface area contributed by atoms with Gasteiger partial charge in [-0.25, -0.2) is 4.98 Å². The number of benzene rings is 1. The van der Waals surface area contributed by atoms with E-state index in [1.165, 1.54) is 23.5 Å². The molecule has 1 aromatic heterocycles. The van der Waals surface area contributed by atoms with E-state index in [9.17, 15) is 13.2 Å². The first-order chi connectivity index (χ1) is 8.91. The molecule has 6 heteroatoms. The number of aromatic nitrogens is 1. The molecule has 102 valence electrons. The van der Waals surface area contributed by atoms with Crippen molar-refractivity contribution < 1.29 is 17.9 Å². The van der Waals surface area contributed by atoms with Crippen LogP contribution in [-0.4, -0.2) is 12.1 Å². The Labute approximate surface area is 112 Å². The zero-order chi connectivity index (χ0) is 14.0. The van der Waals surface area contributed by atoms with Crippen LogP contribution < -0.4 is 0 Å². The summed E-state index contributed by atoms with van der Waals surface area (Å²) in [6, 6.07) is 5.12. The van der Waals surface area contributed by atoms with Gasteiger partial charge in [0.2, 0.25) is 0 Å². The molecule has 0 saturated carbocycles. The molecule has 0 bridgehead atoms. The third-order valence-electron chi connectivity index (χ3n) is 2.58. The molecule has 0 saturated heterocycles. The lowest BCUT2D eigenvalue weighted by molar-refractivity contribution is -0.137. The van der Waals surface area contributed by atoms with E-state index in [0.29, 0.717) is 6.61 Å². The molecular formula is C13H12F3NOS. The minimum absolute atomic E-state index is 0.409. The number of nitrogens with zero attached hydrogens (tertiary/aromatic N) is 1. The van der Waals surface area contributed by atoms with Crippen LogP contribution in [0.2, 0.25) is 0 Å². The zero-order valence-electron chi connectivity index (χ0n) is 10.4. The van der Waals surface area contributed by atoms with Crippen LogP contribution in [0.5, 0.6) is 0 Å². The molecule has 0 unspecified atom stereocenters. The third-order valence-corrected chi connectivity index (χ3v) is 3.76. The second-order valence-corrected chi connectivity index (χ2v) is 5.11. The van der Waals surface area contributed by atoms with Crippen molar-refractivity contribution >= 4 is 11.3 Å². The molecule has 0 amide bonds. The molecule has 0 aliphatic rings. The predicted octanol–water partition coefficient (Wildman–Crippen LogP) is 4.28. The Kier molecular flexibility index (Phi) is 3.91. The SMILES string of the molecule is COCc1nc(C)c(-c2ccc(C(F)(F)F)cc2)s1. The van der Waals surface area contributed by atoms with E-state index in [4.69, 9.17) is 4.74 Å². The van der Waals surface area contributed by atoms with Crippen molar-refractivity contribution in [1.29, 1.82) is 0 Å². The fraction of sp³-hybridized carbons (Fsp3) is 0.308. The van der Waals surface area contributed by atoms with Gasteiger partial charge in [-0.1, -0.05) is 12.1 Å². The number of hydrogen-bond donors (Lipinski definition) is 0. The number of halogens is 3. The molecule has 2 aromatic rings. The topological polar surface area (TPSA) is 22.1 Å². The molecule has 0 spiro atoms. The van der Waals surface area contributed by atoms with Crippen molar-refractivity contribution in [1.82, 2.24) is 4.98 Å². The normalized spacial score (nSPS) is 11.8. The van der Waals surface area contributed by atoms with Crippen molar-refractivity contribution in [2.45, 2.75) is 19.7 Å². The Bertz CT molecular complexity index is 560. The molecule has 2 rings (SSSR count). The van der Waals surface area contributed by atoms with Crippen molar-refractivity contribution in [2.75, 3.05) is 7.11 Å². The fourth-order valence-corrected chi connectivity index (χ4v) is 2.76. The van der Waals surface area contributed by atoms with Gasteiger partial charge in [-0.2, -0.15) is 13.2 Å². The van der Waals surface area contributed by atoms with Crippen LogP contribution in [0.25, 0.3) is 10.4 Å². The van der Waals surface area contributed by atoms with E-state index in [0.717, 1.165) is 33.3 Å². The van der Waals surface area contributed by atoms with E-state index in [-0.39, 0.29) is 0 Å². The van der Waals surface area contributed by atoms with Crippen molar-refractivity contribution in [2.24, 2.45) is 0 Å². The molecule has 0 fully saturated rings.